The Morgan fingerprint density at radius 2 is 1.87 bits per heavy atom. The molecule has 0 amide bonds. The molecule has 0 bridgehead atoms. The van der Waals surface area contributed by atoms with Gasteiger partial charge in [0, 0.05) is 17.7 Å². The summed E-state index contributed by atoms with van der Waals surface area (Å²) in [7, 11) is 0. The first-order valence-electron chi connectivity index (χ1n) is 7.79. The van der Waals surface area contributed by atoms with Crippen molar-refractivity contribution in [2.75, 3.05) is 0 Å². The van der Waals surface area contributed by atoms with Crippen LogP contribution in [0.1, 0.15) is 51.2 Å². The SMILES string of the molecule is CC1(C)C(=O)O[C@@H](c2cccc([N+](=O)[O-])c2)C2(CCCC2)C1=O. The highest BCUT2D eigenvalue weighted by molar-refractivity contribution is 6.08. The maximum atomic E-state index is 13.0. The van der Waals surface area contributed by atoms with Gasteiger partial charge in [-0.2, -0.15) is 0 Å². The molecule has 1 aromatic carbocycles. The fraction of sp³-hybridized carbons (Fsp3) is 0.529. The van der Waals surface area contributed by atoms with Gasteiger partial charge in [0.2, 0.25) is 0 Å². The van der Waals surface area contributed by atoms with Crippen LogP contribution in [0, 0.1) is 20.9 Å². The Morgan fingerprint density at radius 1 is 1.22 bits per heavy atom. The standard InChI is InChI=1S/C17H19NO5/c1-16(2)14(19)17(8-3-4-9-17)13(23-15(16)20)11-6-5-7-12(10-11)18(21)22/h5-7,10,13H,3-4,8-9H2,1-2H3/t13-/m0/s1. The maximum absolute atomic E-state index is 13.0. The van der Waals surface area contributed by atoms with Crippen LogP contribution in [0.15, 0.2) is 24.3 Å². The van der Waals surface area contributed by atoms with Crippen LogP contribution >= 0.6 is 0 Å². The second-order valence-corrected chi connectivity index (χ2v) is 6.95. The van der Waals surface area contributed by atoms with E-state index in [4.69, 9.17) is 4.74 Å². The summed E-state index contributed by atoms with van der Waals surface area (Å²) < 4.78 is 5.65. The smallest absolute Gasteiger partial charge is 0.319 e. The topological polar surface area (TPSA) is 86.5 Å². The van der Waals surface area contributed by atoms with Gasteiger partial charge >= 0.3 is 5.97 Å². The Kier molecular flexibility index (Phi) is 3.50. The van der Waals surface area contributed by atoms with Gasteiger partial charge in [-0.1, -0.05) is 25.0 Å². The molecule has 0 unspecified atom stereocenters. The highest BCUT2D eigenvalue weighted by atomic mass is 16.6. The molecule has 1 saturated carbocycles. The summed E-state index contributed by atoms with van der Waals surface area (Å²) in [5, 5.41) is 11.0. The van der Waals surface area contributed by atoms with Crippen LogP contribution < -0.4 is 0 Å². The van der Waals surface area contributed by atoms with Gasteiger partial charge in [0.25, 0.3) is 5.69 Å². The van der Waals surface area contributed by atoms with E-state index in [-0.39, 0.29) is 11.5 Å². The number of Topliss-reactive ketones (excluding diaryl/α,β-unsaturated/α-hetero) is 1. The zero-order valence-electron chi connectivity index (χ0n) is 13.2. The third-order valence-corrected chi connectivity index (χ3v) is 5.14. The fourth-order valence-electron chi connectivity index (χ4n) is 3.88. The van der Waals surface area contributed by atoms with Gasteiger partial charge in [0.1, 0.15) is 11.5 Å². The van der Waals surface area contributed by atoms with Crippen LogP contribution in [0.2, 0.25) is 0 Å². The van der Waals surface area contributed by atoms with E-state index in [1.54, 1.807) is 26.0 Å². The quantitative estimate of drug-likeness (QED) is 0.361. The summed E-state index contributed by atoms with van der Waals surface area (Å²) in [4.78, 5) is 35.9. The van der Waals surface area contributed by atoms with Crippen LogP contribution in [0.25, 0.3) is 0 Å². The van der Waals surface area contributed by atoms with Crippen LogP contribution in [0.4, 0.5) is 5.69 Å². The maximum Gasteiger partial charge on any atom is 0.319 e. The van der Waals surface area contributed by atoms with Crippen molar-refractivity contribution in [2.24, 2.45) is 10.8 Å². The first-order chi connectivity index (χ1) is 10.8. The van der Waals surface area contributed by atoms with E-state index >= 15 is 0 Å². The van der Waals surface area contributed by atoms with Gasteiger partial charge in [-0.3, -0.25) is 19.7 Å². The lowest BCUT2D eigenvalue weighted by Gasteiger charge is -2.45. The first-order valence-corrected chi connectivity index (χ1v) is 7.79. The van der Waals surface area contributed by atoms with Gasteiger partial charge in [-0.15, -0.1) is 0 Å². The highest BCUT2D eigenvalue weighted by Gasteiger charge is 2.61. The second-order valence-electron chi connectivity index (χ2n) is 6.95. The van der Waals surface area contributed by atoms with Crippen LogP contribution in [-0.4, -0.2) is 16.7 Å². The molecular formula is C17H19NO5. The zero-order valence-corrected chi connectivity index (χ0v) is 13.2. The molecule has 1 aliphatic heterocycles. The molecule has 3 rings (SSSR count). The Labute approximate surface area is 134 Å². The second kappa shape index (κ2) is 5.15. The van der Waals surface area contributed by atoms with Crippen molar-refractivity contribution in [1.29, 1.82) is 0 Å². The average Bonchev–Trinajstić information content (AvgIpc) is 3.00. The number of ketones is 1. The molecule has 0 aromatic heterocycles. The minimum atomic E-state index is -1.17. The third kappa shape index (κ3) is 2.24. The first kappa shape index (κ1) is 15.6. The molecule has 6 nitrogen and oxygen atoms in total. The highest BCUT2D eigenvalue weighted by Crippen LogP contribution is 2.56. The largest absolute Gasteiger partial charge is 0.456 e. The van der Waals surface area contributed by atoms with Crippen LogP contribution in [-0.2, 0) is 14.3 Å². The molecule has 1 heterocycles. The molecule has 23 heavy (non-hydrogen) atoms. The number of cyclic esters (lactones) is 1. The van der Waals surface area contributed by atoms with Crippen molar-refractivity contribution < 1.29 is 19.2 Å². The van der Waals surface area contributed by atoms with Crippen molar-refractivity contribution >= 4 is 17.4 Å². The normalized spacial score (nSPS) is 25.4. The molecule has 1 atom stereocenters. The summed E-state index contributed by atoms with van der Waals surface area (Å²) in [6, 6.07) is 6.05. The van der Waals surface area contributed by atoms with Gasteiger partial charge < -0.3 is 4.74 Å². The minimum Gasteiger partial charge on any atom is -0.456 e. The molecule has 2 aliphatic rings. The van der Waals surface area contributed by atoms with Crippen molar-refractivity contribution in [3.05, 3.63) is 39.9 Å². The van der Waals surface area contributed by atoms with E-state index < -0.39 is 27.8 Å². The molecule has 0 radical (unpaired) electrons. The predicted molar refractivity (Wildman–Crippen MR) is 81.6 cm³/mol. The van der Waals surface area contributed by atoms with E-state index in [2.05, 4.69) is 0 Å². The molecule has 1 aliphatic carbocycles. The van der Waals surface area contributed by atoms with Gasteiger partial charge in [-0.25, -0.2) is 0 Å². The Morgan fingerprint density at radius 3 is 2.48 bits per heavy atom. The lowest BCUT2D eigenvalue weighted by Crippen LogP contribution is -2.53. The molecule has 1 aromatic rings. The summed E-state index contributed by atoms with van der Waals surface area (Å²) in [5.41, 5.74) is -1.46. The summed E-state index contributed by atoms with van der Waals surface area (Å²) in [6.07, 6.45) is 2.35. The summed E-state index contributed by atoms with van der Waals surface area (Å²) in [5.74, 6) is -0.660. The number of nitro groups is 1. The van der Waals surface area contributed by atoms with Crippen molar-refractivity contribution in [3.8, 4) is 0 Å². The van der Waals surface area contributed by atoms with Gasteiger partial charge in [0.15, 0.2) is 5.78 Å². The molecular weight excluding hydrogens is 298 g/mol. The van der Waals surface area contributed by atoms with Crippen LogP contribution in [0.3, 0.4) is 0 Å². The number of nitrogens with zero attached hydrogens (tertiary/aromatic N) is 1. The summed E-state index contributed by atoms with van der Waals surface area (Å²) in [6.45, 7) is 3.20. The Bertz CT molecular complexity index is 688. The molecule has 122 valence electrons. The molecule has 0 N–H and O–H groups in total. The monoisotopic (exact) mass is 317 g/mol. The van der Waals surface area contributed by atoms with Gasteiger partial charge in [-0.05, 0) is 26.7 Å². The number of benzene rings is 1. The number of non-ortho nitro benzene ring substituents is 1. The predicted octanol–water partition coefficient (Wildman–Crippen LogP) is 3.35. The number of rotatable bonds is 2. The number of hydrogen-bond donors (Lipinski definition) is 0. The lowest BCUT2D eigenvalue weighted by molar-refractivity contribution is -0.385. The summed E-state index contributed by atoms with van der Waals surface area (Å²) >= 11 is 0. The lowest BCUT2D eigenvalue weighted by atomic mass is 9.64. The Balaban J connectivity index is 2.10. The van der Waals surface area contributed by atoms with E-state index in [1.807, 2.05) is 0 Å². The minimum absolute atomic E-state index is 0.0658. The number of esters is 1. The van der Waals surface area contributed by atoms with E-state index in [0.29, 0.717) is 18.4 Å². The van der Waals surface area contributed by atoms with Crippen molar-refractivity contribution in [1.82, 2.24) is 0 Å². The third-order valence-electron chi connectivity index (χ3n) is 5.14. The van der Waals surface area contributed by atoms with Gasteiger partial charge in [0.05, 0.1) is 10.3 Å². The number of carbonyl (C=O) groups excluding carboxylic acids is 2. The van der Waals surface area contributed by atoms with E-state index in [0.717, 1.165) is 12.8 Å². The molecule has 1 spiro atoms. The number of hydrogen-bond acceptors (Lipinski definition) is 5. The fourth-order valence-corrected chi connectivity index (χ4v) is 3.88. The number of nitro benzene ring substituents is 1. The molecule has 1 saturated heterocycles. The van der Waals surface area contributed by atoms with E-state index in [9.17, 15) is 19.7 Å². The van der Waals surface area contributed by atoms with E-state index in [1.165, 1.54) is 12.1 Å². The average molecular weight is 317 g/mol. The Hall–Kier alpha value is -2.24. The van der Waals surface area contributed by atoms with Crippen molar-refractivity contribution in [3.63, 3.8) is 0 Å². The molecule has 2 fully saturated rings. The van der Waals surface area contributed by atoms with Crippen molar-refractivity contribution in [2.45, 2.75) is 45.6 Å². The zero-order chi connectivity index (χ0) is 16.8. The number of ether oxygens (including phenoxy) is 1. The van der Waals surface area contributed by atoms with Crippen LogP contribution in [0.5, 0.6) is 0 Å². The number of carbonyl (C=O) groups is 2. The molecule has 6 heteroatoms.